The van der Waals surface area contributed by atoms with Crippen molar-refractivity contribution in [2.75, 3.05) is 11.4 Å². The van der Waals surface area contributed by atoms with E-state index in [1.54, 1.807) is 12.4 Å². The lowest BCUT2D eigenvalue weighted by Gasteiger charge is -2.30. The Balaban J connectivity index is 1.79. The van der Waals surface area contributed by atoms with Crippen LogP contribution in [-0.2, 0) is 17.8 Å². The number of aromatic nitrogens is 1. The maximum atomic E-state index is 12.8. The van der Waals surface area contributed by atoms with Crippen LogP contribution in [0.1, 0.15) is 18.1 Å². The lowest BCUT2D eigenvalue weighted by atomic mass is 9.95. The van der Waals surface area contributed by atoms with Crippen molar-refractivity contribution < 1.29 is 4.79 Å². The van der Waals surface area contributed by atoms with Crippen LogP contribution in [0.15, 0.2) is 48.8 Å². The van der Waals surface area contributed by atoms with Gasteiger partial charge in [0, 0.05) is 31.2 Å². The third-order valence-corrected chi connectivity index (χ3v) is 3.94. The van der Waals surface area contributed by atoms with Gasteiger partial charge in [0.2, 0.25) is 5.91 Å². The number of likely N-dealkylation sites (N-methyl/N-ethyl adjacent to an activating group) is 1. The van der Waals surface area contributed by atoms with Crippen LogP contribution in [0.25, 0.3) is 0 Å². The molecule has 21 heavy (non-hydrogen) atoms. The first-order chi connectivity index (χ1) is 10.3. The summed E-state index contributed by atoms with van der Waals surface area (Å²) in [4.78, 5) is 18.6. The molecule has 1 aliphatic heterocycles. The Bertz CT molecular complexity index is 627. The van der Waals surface area contributed by atoms with Crippen molar-refractivity contribution in [3.8, 4) is 0 Å². The SMILES string of the molecule is CCN(C(=O)[C@@H]1Cc2ccccc2CN1)c1ccncc1. The van der Waals surface area contributed by atoms with Crippen LogP contribution in [0.3, 0.4) is 0 Å². The molecule has 4 nitrogen and oxygen atoms in total. The third kappa shape index (κ3) is 2.81. The summed E-state index contributed by atoms with van der Waals surface area (Å²) in [5.74, 6) is 0.123. The van der Waals surface area contributed by atoms with Gasteiger partial charge >= 0.3 is 0 Å². The van der Waals surface area contributed by atoms with Crippen molar-refractivity contribution in [3.05, 3.63) is 59.9 Å². The fraction of sp³-hybridized carbons (Fsp3) is 0.294. The molecule has 0 saturated heterocycles. The largest absolute Gasteiger partial charge is 0.311 e. The average Bonchev–Trinajstić information content (AvgIpc) is 2.56. The molecule has 0 unspecified atom stereocenters. The number of pyridine rings is 1. The summed E-state index contributed by atoms with van der Waals surface area (Å²) in [6.45, 7) is 3.40. The van der Waals surface area contributed by atoms with Gasteiger partial charge in [-0.15, -0.1) is 0 Å². The van der Waals surface area contributed by atoms with Gasteiger partial charge in [0.1, 0.15) is 0 Å². The minimum atomic E-state index is -0.159. The van der Waals surface area contributed by atoms with Gasteiger partial charge in [-0.3, -0.25) is 9.78 Å². The van der Waals surface area contributed by atoms with Gasteiger partial charge < -0.3 is 10.2 Å². The van der Waals surface area contributed by atoms with Crippen LogP contribution in [0.4, 0.5) is 5.69 Å². The van der Waals surface area contributed by atoms with E-state index in [0.717, 1.165) is 18.7 Å². The van der Waals surface area contributed by atoms with Gasteiger partial charge in [-0.1, -0.05) is 24.3 Å². The molecule has 2 aromatic rings. The minimum absolute atomic E-state index is 0.123. The van der Waals surface area contributed by atoms with E-state index >= 15 is 0 Å². The second kappa shape index (κ2) is 6.06. The maximum Gasteiger partial charge on any atom is 0.244 e. The number of amides is 1. The van der Waals surface area contributed by atoms with E-state index < -0.39 is 0 Å². The molecule has 0 spiro atoms. The molecule has 1 atom stereocenters. The van der Waals surface area contributed by atoms with Crippen molar-refractivity contribution in [3.63, 3.8) is 0 Å². The van der Waals surface area contributed by atoms with E-state index in [2.05, 4.69) is 22.4 Å². The van der Waals surface area contributed by atoms with Crippen LogP contribution in [-0.4, -0.2) is 23.5 Å². The third-order valence-electron chi connectivity index (χ3n) is 3.94. The summed E-state index contributed by atoms with van der Waals surface area (Å²) in [7, 11) is 0. The van der Waals surface area contributed by atoms with Crippen LogP contribution >= 0.6 is 0 Å². The number of anilines is 1. The van der Waals surface area contributed by atoms with E-state index in [9.17, 15) is 4.79 Å². The molecule has 0 radical (unpaired) electrons. The molecule has 1 amide bonds. The van der Waals surface area contributed by atoms with E-state index in [1.165, 1.54) is 11.1 Å². The molecule has 0 aliphatic carbocycles. The topological polar surface area (TPSA) is 45.2 Å². The quantitative estimate of drug-likeness (QED) is 0.937. The molecule has 4 heteroatoms. The Morgan fingerprint density at radius 3 is 2.67 bits per heavy atom. The Morgan fingerprint density at radius 2 is 1.95 bits per heavy atom. The van der Waals surface area contributed by atoms with Gasteiger partial charge in [0.15, 0.2) is 0 Å². The molecule has 2 heterocycles. The summed E-state index contributed by atoms with van der Waals surface area (Å²) < 4.78 is 0. The maximum absolute atomic E-state index is 12.8. The Labute approximate surface area is 124 Å². The van der Waals surface area contributed by atoms with Crippen molar-refractivity contribution in [2.45, 2.75) is 25.9 Å². The van der Waals surface area contributed by atoms with Crippen LogP contribution in [0, 0.1) is 0 Å². The molecule has 1 N–H and O–H groups in total. The van der Waals surface area contributed by atoms with Gasteiger partial charge in [0.05, 0.1) is 6.04 Å². The summed E-state index contributed by atoms with van der Waals surface area (Å²) in [5, 5.41) is 3.35. The van der Waals surface area contributed by atoms with Crippen LogP contribution in [0.2, 0.25) is 0 Å². The summed E-state index contributed by atoms with van der Waals surface area (Å²) in [6.07, 6.45) is 4.18. The number of nitrogens with zero attached hydrogens (tertiary/aromatic N) is 2. The molecular weight excluding hydrogens is 262 g/mol. The van der Waals surface area contributed by atoms with Crippen molar-refractivity contribution in [1.29, 1.82) is 0 Å². The number of nitrogens with one attached hydrogen (secondary N) is 1. The first kappa shape index (κ1) is 13.8. The number of carbonyl (C=O) groups excluding carboxylic acids is 1. The van der Waals surface area contributed by atoms with Crippen LogP contribution < -0.4 is 10.2 Å². The molecule has 108 valence electrons. The zero-order valence-electron chi connectivity index (χ0n) is 12.1. The molecule has 1 aliphatic rings. The molecule has 1 aromatic carbocycles. The highest BCUT2D eigenvalue weighted by atomic mass is 16.2. The Morgan fingerprint density at radius 1 is 1.24 bits per heavy atom. The van der Waals surface area contributed by atoms with Gasteiger partial charge in [-0.05, 0) is 36.6 Å². The predicted molar refractivity (Wildman–Crippen MR) is 83.0 cm³/mol. The van der Waals surface area contributed by atoms with Crippen molar-refractivity contribution in [2.24, 2.45) is 0 Å². The summed E-state index contributed by atoms with van der Waals surface area (Å²) >= 11 is 0. The molecule has 0 fully saturated rings. The molecule has 3 rings (SSSR count). The number of hydrogen-bond acceptors (Lipinski definition) is 3. The van der Waals surface area contributed by atoms with E-state index in [0.29, 0.717) is 6.54 Å². The summed E-state index contributed by atoms with van der Waals surface area (Å²) in [5.41, 5.74) is 3.45. The Kier molecular flexibility index (Phi) is 3.97. The highest BCUT2D eigenvalue weighted by Crippen LogP contribution is 2.20. The standard InChI is InChI=1S/C17H19N3O/c1-2-20(15-7-9-18-10-8-15)17(21)16-11-13-5-3-4-6-14(13)12-19-16/h3-10,16,19H,2,11-12H2,1H3/t16-/m0/s1. The number of benzene rings is 1. The van der Waals surface area contributed by atoms with Crippen molar-refractivity contribution in [1.82, 2.24) is 10.3 Å². The molecule has 1 aromatic heterocycles. The van der Waals surface area contributed by atoms with Crippen molar-refractivity contribution >= 4 is 11.6 Å². The number of rotatable bonds is 3. The normalized spacial score (nSPS) is 17.1. The monoisotopic (exact) mass is 281 g/mol. The second-order valence-corrected chi connectivity index (χ2v) is 5.19. The minimum Gasteiger partial charge on any atom is -0.311 e. The number of fused-ring (bicyclic) bond motifs is 1. The van der Waals surface area contributed by atoms with E-state index in [1.807, 2.05) is 36.1 Å². The van der Waals surface area contributed by atoms with Gasteiger partial charge in [-0.25, -0.2) is 0 Å². The lowest BCUT2D eigenvalue weighted by Crippen LogP contribution is -2.49. The fourth-order valence-electron chi connectivity index (χ4n) is 2.81. The molecule has 0 bridgehead atoms. The number of carbonyl (C=O) groups is 1. The predicted octanol–water partition coefficient (Wildman–Crippen LogP) is 2.15. The number of hydrogen-bond donors (Lipinski definition) is 1. The van der Waals surface area contributed by atoms with Crippen LogP contribution in [0.5, 0.6) is 0 Å². The van der Waals surface area contributed by atoms with Gasteiger partial charge in [0.25, 0.3) is 0 Å². The fourth-order valence-corrected chi connectivity index (χ4v) is 2.81. The first-order valence-electron chi connectivity index (χ1n) is 7.31. The molecule has 0 saturated carbocycles. The summed E-state index contributed by atoms with van der Waals surface area (Å²) in [6, 6.07) is 11.9. The van der Waals surface area contributed by atoms with E-state index in [-0.39, 0.29) is 11.9 Å². The Hall–Kier alpha value is -2.20. The van der Waals surface area contributed by atoms with Gasteiger partial charge in [-0.2, -0.15) is 0 Å². The highest BCUT2D eigenvalue weighted by molar-refractivity contribution is 5.97. The second-order valence-electron chi connectivity index (χ2n) is 5.19. The average molecular weight is 281 g/mol. The zero-order valence-corrected chi connectivity index (χ0v) is 12.1. The lowest BCUT2D eigenvalue weighted by molar-refractivity contribution is -0.120. The smallest absolute Gasteiger partial charge is 0.244 e. The first-order valence-corrected chi connectivity index (χ1v) is 7.31. The highest BCUT2D eigenvalue weighted by Gasteiger charge is 2.27. The van der Waals surface area contributed by atoms with E-state index in [4.69, 9.17) is 0 Å². The zero-order chi connectivity index (χ0) is 14.7. The molecular formula is C17H19N3O.